The highest BCUT2D eigenvalue weighted by atomic mass is 32.1. The minimum absolute atomic E-state index is 0.423. The molecule has 1 aromatic heterocycles. The molecule has 1 aromatic rings. The molecule has 1 fully saturated rings. The number of anilines is 1. The van der Waals surface area contributed by atoms with Crippen molar-refractivity contribution >= 4 is 16.7 Å². The Morgan fingerprint density at radius 1 is 1.44 bits per heavy atom. The molecular weight excluding hydrogens is 244 g/mol. The zero-order chi connectivity index (χ0) is 13.0. The van der Waals surface area contributed by atoms with Gasteiger partial charge in [-0.2, -0.15) is 4.37 Å². The van der Waals surface area contributed by atoms with E-state index in [1.54, 1.807) is 11.5 Å². The zero-order valence-corrected chi connectivity index (χ0v) is 12.5. The van der Waals surface area contributed by atoms with Crippen molar-refractivity contribution in [1.29, 1.82) is 0 Å². The molecule has 1 unspecified atom stereocenters. The summed E-state index contributed by atoms with van der Waals surface area (Å²) in [6.07, 6.45) is 3.88. The molecule has 2 heterocycles. The third kappa shape index (κ3) is 3.20. The predicted molar refractivity (Wildman–Crippen MR) is 77.5 cm³/mol. The van der Waals surface area contributed by atoms with Crippen LogP contribution in [0.1, 0.15) is 51.8 Å². The Bertz CT molecular complexity index is 364. The van der Waals surface area contributed by atoms with Crippen LogP contribution in [-0.2, 0) is 0 Å². The van der Waals surface area contributed by atoms with Crippen LogP contribution in [0, 0.1) is 0 Å². The largest absolute Gasteiger partial charge is 0.343 e. The lowest BCUT2D eigenvalue weighted by molar-refractivity contribution is 0.438. The molecule has 1 N–H and O–H groups in total. The van der Waals surface area contributed by atoms with Crippen molar-refractivity contribution in [2.24, 2.45) is 0 Å². The lowest BCUT2D eigenvalue weighted by Gasteiger charge is -2.35. The first-order valence-electron chi connectivity index (χ1n) is 7.03. The fourth-order valence-corrected chi connectivity index (χ4v) is 3.26. The van der Waals surface area contributed by atoms with E-state index in [4.69, 9.17) is 4.98 Å². The van der Waals surface area contributed by atoms with Crippen LogP contribution in [0.3, 0.4) is 0 Å². The monoisotopic (exact) mass is 268 g/mol. The van der Waals surface area contributed by atoms with Crippen LogP contribution >= 0.6 is 11.5 Å². The van der Waals surface area contributed by atoms with E-state index in [-0.39, 0.29) is 0 Å². The van der Waals surface area contributed by atoms with E-state index in [0.717, 1.165) is 30.6 Å². The van der Waals surface area contributed by atoms with Crippen LogP contribution in [0.15, 0.2) is 0 Å². The summed E-state index contributed by atoms with van der Waals surface area (Å²) < 4.78 is 4.47. The van der Waals surface area contributed by atoms with Gasteiger partial charge in [0, 0.05) is 36.6 Å². The van der Waals surface area contributed by atoms with Gasteiger partial charge in [0.05, 0.1) is 0 Å². The molecule has 102 valence electrons. The molecule has 0 saturated carbocycles. The first-order chi connectivity index (χ1) is 8.72. The summed E-state index contributed by atoms with van der Waals surface area (Å²) in [7, 11) is 0. The second-order valence-corrected chi connectivity index (χ2v) is 5.97. The van der Waals surface area contributed by atoms with Gasteiger partial charge in [-0.25, -0.2) is 4.98 Å². The number of nitrogens with one attached hydrogen (secondary N) is 1. The highest BCUT2D eigenvalue weighted by Crippen LogP contribution is 2.27. The second kappa shape index (κ2) is 6.48. The van der Waals surface area contributed by atoms with E-state index in [9.17, 15) is 0 Å². The van der Waals surface area contributed by atoms with E-state index >= 15 is 0 Å². The van der Waals surface area contributed by atoms with Crippen LogP contribution in [-0.4, -0.2) is 35.0 Å². The Morgan fingerprint density at radius 2 is 2.28 bits per heavy atom. The van der Waals surface area contributed by atoms with E-state index in [2.05, 4.69) is 35.4 Å². The van der Waals surface area contributed by atoms with Gasteiger partial charge < -0.3 is 10.2 Å². The van der Waals surface area contributed by atoms with Gasteiger partial charge >= 0.3 is 0 Å². The molecule has 2 rings (SSSR count). The molecule has 0 aromatic carbocycles. The number of hydrogen-bond acceptors (Lipinski definition) is 5. The highest BCUT2D eigenvalue weighted by molar-refractivity contribution is 7.09. The standard InChI is InChI=1S/C13H24N4S/c1-4-14-9-11-7-5-6-8-17(11)13-15-12(10(2)3)16-18-13/h10-11,14H,4-9H2,1-3H3. The summed E-state index contributed by atoms with van der Waals surface area (Å²) in [5.74, 6) is 1.41. The van der Waals surface area contributed by atoms with Crippen molar-refractivity contribution in [3.05, 3.63) is 5.82 Å². The Morgan fingerprint density at radius 3 is 2.94 bits per heavy atom. The lowest BCUT2D eigenvalue weighted by atomic mass is 10.0. The molecule has 0 radical (unpaired) electrons. The Kier molecular flexibility index (Phi) is 4.95. The molecular formula is C13H24N4S. The first kappa shape index (κ1) is 13.7. The molecule has 0 bridgehead atoms. The van der Waals surface area contributed by atoms with Gasteiger partial charge in [0.1, 0.15) is 5.82 Å². The van der Waals surface area contributed by atoms with Crippen molar-refractivity contribution < 1.29 is 0 Å². The molecule has 4 nitrogen and oxygen atoms in total. The van der Waals surface area contributed by atoms with Crippen LogP contribution in [0.5, 0.6) is 0 Å². The molecule has 1 aliphatic rings. The van der Waals surface area contributed by atoms with Crippen molar-refractivity contribution in [3.8, 4) is 0 Å². The van der Waals surface area contributed by atoms with Crippen molar-refractivity contribution in [1.82, 2.24) is 14.7 Å². The Balaban J connectivity index is 2.06. The highest BCUT2D eigenvalue weighted by Gasteiger charge is 2.25. The summed E-state index contributed by atoms with van der Waals surface area (Å²) in [6.45, 7) is 9.69. The van der Waals surface area contributed by atoms with E-state index in [0.29, 0.717) is 12.0 Å². The van der Waals surface area contributed by atoms with Crippen molar-refractivity contribution in [3.63, 3.8) is 0 Å². The summed E-state index contributed by atoms with van der Waals surface area (Å²) in [5.41, 5.74) is 0. The smallest absolute Gasteiger partial charge is 0.205 e. The molecule has 1 atom stereocenters. The van der Waals surface area contributed by atoms with Gasteiger partial charge in [-0.3, -0.25) is 0 Å². The van der Waals surface area contributed by atoms with Gasteiger partial charge in [-0.1, -0.05) is 20.8 Å². The number of likely N-dealkylation sites (N-methyl/N-ethyl adjacent to an activating group) is 1. The maximum Gasteiger partial charge on any atom is 0.205 e. The fourth-order valence-electron chi connectivity index (χ4n) is 2.35. The molecule has 5 heteroatoms. The zero-order valence-electron chi connectivity index (χ0n) is 11.6. The van der Waals surface area contributed by atoms with E-state index in [1.807, 2.05) is 0 Å². The average molecular weight is 268 g/mol. The Hall–Kier alpha value is -0.680. The topological polar surface area (TPSA) is 41.0 Å². The van der Waals surface area contributed by atoms with Crippen LogP contribution in [0.25, 0.3) is 0 Å². The summed E-state index contributed by atoms with van der Waals surface area (Å²) >= 11 is 1.56. The van der Waals surface area contributed by atoms with Gasteiger partial charge in [0.2, 0.25) is 5.13 Å². The van der Waals surface area contributed by atoms with Crippen molar-refractivity contribution in [2.45, 2.75) is 52.0 Å². The minimum atomic E-state index is 0.423. The minimum Gasteiger partial charge on any atom is -0.343 e. The number of rotatable bonds is 5. The fraction of sp³-hybridized carbons (Fsp3) is 0.846. The Labute approximate surface area is 114 Å². The van der Waals surface area contributed by atoms with Gasteiger partial charge in [-0.05, 0) is 25.8 Å². The SMILES string of the molecule is CCNCC1CCCCN1c1nc(C(C)C)ns1. The number of piperidine rings is 1. The maximum absolute atomic E-state index is 4.70. The first-order valence-corrected chi connectivity index (χ1v) is 7.80. The summed E-state index contributed by atoms with van der Waals surface area (Å²) in [4.78, 5) is 7.15. The number of hydrogen-bond donors (Lipinski definition) is 1. The second-order valence-electron chi connectivity index (χ2n) is 5.24. The van der Waals surface area contributed by atoms with Crippen molar-refractivity contribution in [2.75, 3.05) is 24.5 Å². The quantitative estimate of drug-likeness (QED) is 0.891. The average Bonchev–Trinajstić information content (AvgIpc) is 2.86. The molecule has 0 aliphatic carbocycles. The van der Waals surface area contributed by atoms with E-state index < -0.39 is 0 Å². The van der Waals surface area contributed by atoms with Gasteiger partial charge in [-0.15, -0.1) is 0 Å². The molecule has 18 heavy (non-hydrogen) atoms. The third-order valence-electron chi connectivity index (χ3n) is 3.45. The van der Waals surface area contributed by atoms with Crippen LogP contribution in [0.4, 0.5) is 5.13 Å². The van der Waals surface area contributed by atoms with Gasteiger partial charge in [0.25, 0.3) is 0 Å². The number of aromatic nitrogens is 2. The molecule has 0 spiro atoms. The molecule has 0 amide bonds. The third-order valence-corrected chi connectivity index (χ3v) is 4.22. The predicted octanol–water partition coefficient (Wildman–Crippen LogP) is 2.63. The number of nitrogens with zero attached hydrogens (tertiary/aromatic N) is 3. The van der Waals surface area contributed by atoms with Crippen LogP contribution < -0.4 is 10.2 Å². The maximum atomic E-state index is 4.70. The van der Waals surface area contributed by atoms with E-state index in [1.165, 1.54) is 19.3 Å². The molecule has 1 saturated heterocycles. The van der Waals surface area contributed by atoms with Crippen LogP contribution in [0.2, 0.25) is 0 Å². The summed E-state index contributed by atoms with van der Waals surface area (Å²) in [5, 5.41) is 4.57. The normalized spacial score (nSPS) is 20.7. The lowest BCUT2D eigenvalue weighted by Crippen LogP contribution is -2.45. The summed E-state index contributed by atoms with van der Waals surface area (Å²) in [6, 6.07) is 0.590. The van der Waals surface area contributed by atoms with Gasteiger partial charge in [0.15, 0.2) is 0 Å². The molecule has 1 aliphatic heterocycles.